The fourth-order valence-electron chi connectivity index (χ4n) is 2.03. The Hall–Kier alpha value is -2.30. The van der Waals surface area contributed by atoms with Crippen LogP contribution < -0.4 is 0 Å². The molecule has 0 bridgehead atoms. The van der Waals surface area contributed by atoms with Gasteiger partial charge in [-0.15, -0.1) is 0 Å². The summed E-state index contributed by atoms with van der Waals surface area (Å²) in [6.07, 6.45) is -2.68. The minimum absolute atomic E-state index is 0.0894. The maximum absolute atomic E-state index is 13.0. The molecular formula is C14H9F3N2. The van der Waals surface area contributed by atoms with Gasteiger partial charge in [-0.2, -0.15) is 13.2 Å². The van der Waals surface area contributed by atoms with Crippen molar-refractivity contribution in [3.05, 3.63) is 54.2 Å². The lowest BCUT2D eigenvalue weighted by Crippen LogP contribution is -2.07. The average Bonchev–Trinajstić information content (AvgIpc) is 2.85. The molecule has 5 heteroatoms. The summed E-state index contributed by atoms with van der Waals surface area (Å²) in [5.41, 5.74) is 0.303. The molecule has 19 heavy (non-hydrogen) atoms. The smallest absolute Gasteiger partial charge is 0.346 e. The van der Waals surface area contributed by atoms with E-state index in [0.717, 1.165) is 11.5 Å². The first kappa shape index (κ1) is 11.8. The zero-order chi connectivity index (χ0) is 13.5. The van der Waals surface area contributed by atoms with Crippen molar-refractivity contribution in [2.75, 3.05) is 0 Å². The summed E-state index contributed by atoms with van der Waals surface area (Å²) in [6, 6.07) is 10.6. The second-order valence-corrected chi connectivity index (χ2v) is 4.16. The summed E-state index contributed by atoms with van der Waals surface area (Å²) in [7, 11) is 0. The van der Waals surface area contributed by atoms with E-state index in [9.17, 15) is 13.2 Å². The standard InChI is InChI=1S/C14H9F3N2/c15-14(16,17)11-4-2-1-3-10(11)12-6-5-9-7-8-18-13(9)19-12/h1-8H,(H,18,19). The number of aromatic amines is 1. The van der Waals surface area contributed by atoms with Crippen molar-refractivity contribution >= 4 is 11.0 Å². The van der Waals surface area contributed by atoms with Crippen LogP contribution in [0, 0.1) is 0 Å². The van der Waals surface area contributed by atoms with Gasteiger partial charge in [-0.05, 0) is 24.3 Å². The van der Waals surface area contributed by atoms with Gasteiger partial charge in [0.1, 0.15) is 5.65 Å². The molecule has 2 heterocycles. The van der Waals surface area contributed by atoms with Crippen LogP contribution in [0.5, 0.6) is 0 Å². The van der Waals surface area contributed by atoms with Gasteiger partial charge in [0.15, 0.2) is 0 Å². The molecule has 0 saturated carbocycles. The normalized spacial score (nSPS) is 11.9. The topological polar surface area (TPSA) is 28.7 Å². The van der Waals surface area contributed by atoms with Gasteiger partial charge in [0.25, 0.3) is 0 Å². The molecule has 0 saturated heterocycles. The third-order valence-electron chi connectivity index (χ3n) is 2.92. The highest BCUT2D eigenvalue weighted by Crippen LogP contribution is 2.36. The number of nitrogens with one attached hydrogen (secondary N) is 1. The Labute approximate surface area is 106 Å². The van der Waals surface area contributed by atoms with Crippen LogP contribution in [0.3, 0.4) is 0 Å². The fourth-order valence-corrected chi connectivity index (χ4v) is 2.03. The number of benzene rings is 1. The van der Waals surface area contributed by atoms with Crippen LogP contribution in [0.15, 0.2) is 48.7 Å². The average molecular weight is 262 g/mol. The number of halogens is 3. The van der Waals surface area contributed by atoms with Crippen LogP contribution in [0.25, 0.3) is 22.3 Å². The highest BCUT2D eigenvalue weighted by atomic mass is 19.4. The monoisotopic (exact) mass is 262 g/mol. The van der Waals surface area contributed by atoms with E-state index in [1.165, 1.54) is 12.1 Å². The Morgan fingerprint density at radius 2 is 1.74 bits per heavy atom. The summed E-state index contributed by atoms with van der Waals surface area (Å²) >= 11 is 0. The summed E-state index contributed by atoms with van der Waals surface area (Å²) in [6.45, 7) is 0. The van der Waals surface area contributed by atoms with Crippen molar-refractivity contribution in [3.63, 3.8) is 0 Å². The van der Waals surface area contributed by atoms with Gasteiger partial charge in [0.2, 0.25) is 0 Å². The number of hydrogen-bond acceptors (Lipinski definition) is 1. The third kappa shape index (κ3) is 2.07. The summed E-state index contributed by atoms with van der Waals surface area (Å²) in [4.78, 5) is 7.12. The Kier molecular flexibility index (Phi) is 2.55. The minimum Gasteiger partial charge on any atom is -0.346 e. The van der Waals surface area contributed by atoms with E-state index in [1.54, 1.807) is 24.4 Å². The van der Waals surface area contributed by atoms with Crippen molar-refractivity contribution in [1.82, 2.24) is 9.97 Å². The summed E-state index contributed by atoms with van der Waals surface area (Å²) < 4.78 is 38.9. The lowest BCUT2D eigenvalue weighted by molar-refractivity contribution is -0.137. The van der Waals surface area contributed by atoms with E-state index in [4.69, 9.17) is 0 Å². The molecule has 96 valence electrons. The molecule has 0 aliphatic heterocycles. The Morgan fingerprint density at radius 1 is 0.947 bits per heavy atom. The Balaban J connectivity index is 2.21. The van der Waals surface area contributed by atoms with Crippen molar-refractivity contribution in [2.24, 2.45) is 0 Å². The zero-order valence-electron chi connectivity index (χ0n) is 9.70. The van der Waals surface area contributed by atoms with Crippen LogP contribution in [-0.2, 0) is 6.18 Å². The van der Waals surface area contributed by atoms with E-state index in [0.29, 0.717) is 11.3 Å². The van der Waals surface area contributed by atoms with E-state index in [-0.39, 0.29) is 5.56 Å². The molecular weight excluding hydrogens is 253 g/mol. The highest BCUT2D eigenvalue weighted by Gasteiger charge is 2.33. The van der Waals surface area contributed by atoms with Crippen molar-refractivity contribution in [1.29, 1.82) is 0 Å². The molecule has 0 aliphatic carbocycles. The SMILES string of the molecule is FC(F)(F)c1ccccc1-c1ccc2cc[nH]c2n1. The number of H-pyrrole nitrogens is 1. The molecule has 2 aromatic heterocycles. The van der Waals surface area contributed by atoms with Gasteiger partial charge in [0, 0.05) is 17.1 Å². The third-order valence-corrected chi connectivity index (χ3v) is 2.92. The van der Waals surface area contributed by atoms with Gasteiger partial charge in [-0.1, -0.05) is 18.2 Å². The minimum atomic E-state index is -4.39. The Morgan fingerprint density at radius 3 is 2.53 bits per heavy atom. The summed E-state index contributed by atoms with van der Waals surface area (Å²) in [5, 5.41) is 0.869. The number of fused-ring (bicyclic) bond motifs is 1. The number of rotatable bonds is 1. The largest absolute Gasteiger partial charge is 0.417 e. The van der Waals surface area contributed by atoms with Crippen LogP contribution in [0.1, 0.15) is 5.56 Å². The molecule has 3 rings (SSSR count). The molecule has 0 spiro atoms. The predicted molar refractivity (Wildman–Crippen MR) is 66.5 cm³/mol. The molecule has 2 nitrogen and oxygen atoms in total. The number of pyridine rings is 1. The Bertz CT molecular complexity index is 729. The van der Waals surface area contributed by atoms with E-state index in [2.05, 4.69) is 9.97 Å². The van der Waals surface area contributed by atoms with Crippen molar-refractivity contribution in [2.45, 2.75) is 6.18 Å². The van der Waals surface area contributed by atoms with Crippen molar-refractivity contribution < 1.29 is 13.2 Å². The first-order valence-electron chi connectivity index (χ1n) is 5.66. The predicted octanol–water partition coefficient (Wildman–Crippen LogP) is 4.25. The lowest BCUT2D eigenvalue weighted by atomic mass is 10.0. The number of aromatic nitrogens is 2. The highest BCUT2D eigenvalue weighted by molar-refractivity contribution is 5.79. The first-order chi connectivity index (χ1) is 9.05. The molecule has 0 aliphatic rings. The summed E-state index contributed by atoms with van der Waals surface area (Å²) in [5.74, 6) is 0. The molecule has 0 atom stereocenters. The first-order valence-corrected chi connectivity index (χ1v) is 5.66. The quantitative estimate of drug-likeness (QED) is 0.697. The lowest BCUT2D eigenvalue weighted by Gasteiger charge is -2.12. The molecule has 3 aromatic rings. The second kappa shape index (κ2) is 4.12. The maximum atomic E-state index is 13.0. The van der Waals surface area contributed by atoms with E-state index < -0.39 is 11.7 Å². The molecule has 0 radical (unpaired) electrons. The van der Waals surface area contributed by atoms with Crippen LogP contribution in [0.2, 0.25) is 0 Å². The van der Waals surface area contributed by atoms with Gasteiger partial charge in [0.05, 0.1) is 11.3 Å². The van der Waals surface area contributed by atoms with Gasteiger partial charge < -0.3 is 4.98 Å². The molecule has 0 amide bonds. The molecule has 1 aromatic carbocycles. The molecule has 0 fully saturated rings. The number of nitrogens with zero attached hydrogens (tertiary/aromatic N) is 1. The van der Waals surface area contributed by atoms with Gasteiger partial charge in [-0.3, -0.25) is 0 Å². The fraction of sp³-hybridized carbons (Fsp3) is 0.0714. The van der Waals surface area contributed by atoms with Crippen LogP contribution in [0.4, 0.5) is 13.2 Å². The molecule has 1 N–H and O–H groups in total. The number of alkyl halides is 3. The maximum Gasteiger partial charge on any atom is 0.417 e. The zero-order valence-corrected chi connectivity index (χ0v) is 9.70. The van der Waals surface area contributed by atoms with E-state index in [1.807, 2.05) is 6.07 Å². The van der Waals surface area contributed by atoms with Crippen LogP contribution in [-0.4, -0.2) is 9.97 Å². The van der Waals surface area contributed by atoms with Gasteiger partial charge in [-0.25, -0.2) is 4.98 Å². The van der Waals surface area contributed by atoms with Crippen LogP contribution >= 0.6 is 0 Å². The molecule has 0 unspecified atom stereocenters. The second-order valence-electron chi connectivity index (χ2n) is 4.16. The van der Waals surface area contributed by atoms with Gasteiger partial charge >= 0.3 is 6.18 Å². The number of hydrogen-bond donors (Lipinski definition) is 1. The van der Waals surface area contributed by atoms with E-state index >= 15 is 0 Å². The van der Waals surface area contributed by atoms with Crippen molar-refractivity contribution in [3.8, 4) is 11.3 Å².